The van der Waals surface area contributed by atoms with Crippen molar-refractivity contribution in [2.45, 2.75) is 121 Å². The van der Waals surface area contributed by atoms with Crippen molar-refractivity contribution in [3.05, 3.63) is 22.7 Å². The molecule has 0 bridgehead atoms. The van der Waals surface area contributed by atoms with E-state index in [1.807, 2.05) is 0 Å². The Morgan fingerprint density at radius 1 is 0.909 bits per heavy atom. The van der Waals surface area contributed by atoms with E-state index in [0.717, 1.165) is 24.0 Å². The van der Waals surface area contributed by atoms with Crippen LogP contribution in [0, 0.1) is 0 Å². The summed E-state index contributed by atoms with van der Waals surface area (Å²) in [6.07, 6.45) is 15.4. The van der Waals surface area contributed by atoms with Crippen LogP contribution in [-0.4, -0.2) is 56.3 Å². The Labute approximate surface area is 198 Å². The minimum atomic E-state index is -1.30. The molecule has 1 aliphatic heterocycles. The van der Waals surface area contributed by atoms with Gasteiger partial charge in [-0.3, -0.25) is 4.57 Å². The van der Waals surface area contributed by atoms with Crippen molar-refractivity contribution in [2.75, 3.05) is 18.5 Å². The monoisotopic (exact) mass is 467 g/mol. The van der Waals surface area contributed by atoms with E-state index in [9.17, 15) is 20.1 Å². The van der Waals surface area contributed by atoms with Crippen LogP contribution >= 0.6 is 0 Å². The Morgan fingerprint density at radius 3 is 1.94 bits per heavy atom. The highest BCUT2D eigenvalue weighted by Gasteiger charge is 2.43. The minimum absolute atomic E-state index is 0.435. The zero-order chi connectivity index (χ0) is 23.9. The summed E-state index contributed by atoms with van der Waals surface area (Å²) in [5.74, 6) is 0.484. The molecule has 33 heavy (non-hydrogen) atoms. The number of nitrogens with one attached hydrogen (secondary N) is 1. The number of aliphatic hydroxyl groups is 3. The molecule has 8 nitrogen and oxygen atoms in total. The van der Waals surface area contributed by atoms with E-state index in [-0.39, 0.29) is 0 Å². The molecule has 0 saturated carbocycles. The smallest absolute Gasteiger partial charge is 0.351 e. The predicted molar refractivity (Wildman–Crippen MR) is 130 cm³/mol. The first-order valence-corrected chi connectivity index (χ1v) is 13.0. The maximum atomic E-state index is 12.3. The number of unbranched alkanes of at least 4 members (excludes halogenated alkanes) is 13. The zero-order valence-corrected chi connectivity index (χ0v) is 20.3. The summed E-state index contributed by atoms with van der Waals surface area (Å²) in [5.41, 5.74) is -0.573. The van der Waals surface area contributed by atoms with E-state index < -0.39 is 36.8 Å². The van der Waals surface area contributed by atoms with Gasteiger partial charge >= 0.3 is 5.69 Å². The standard InChI is InChI=1S/C25H45N3O5/c1-2-3-4-5-6-7-8-9-10-11-12-13-14-15-17-26-21-16-18-28(25(32)27-21)24-23(31)22(30)20(19-29)33-24/h16,18,20,22-24,29-31H,2-15,17,19H2,1H3,(H,26,27,32). The van der Waals surface area contributed by atoms with Gasteiger partial charge in [-0.15, -0.1) is 0 Å². The van der Waals surface area contributed by atoms with E-state index in [1.165, 1.54) is 83.2 Å². The third kappa shape index (κ3) is 9.73. The number of anilines is 1. The van der Waals surface area contributed by atoms with Crippen LogP contribution in [0.4, 0.5) is 5.82 Å². The van der Waals surface area contributed by atoms with Gasteiger partial charge in [-0.25, -0.2) is 4.79 Å². The molecular weight excluding hydrogens is 422 g/mol. The van der Waals surface area contributed by atoms with Crippen LogP contribution in [0.15, 0.2) is 17.1 Å². The molecule has 4 unspecified atom stereocenters. The Bertz CT molecular complexity index is 699. The van der Waals surface area contributed by atoms with Gasteiger partial charge in [0.15, 0.2) is 6.23 Å². The molecule has 0 amide bonds. The zero-order valence-electron chi connectivity index (χ0n) is 20.3. The molecule has 4 atom stereocenters. The third-order valence-electron chi connectivity index (χ3n) is 6.46. The molecule has 1 fully saturated rings. The molecule has 2 rings (SSSR count). The molecule has 0 spiro atoms. The highest BCUT2D eigenvalue weighted by atomic mass is 16.6. The van der Waals surface area contributed by atoms with Gasteiger partial charge in [-0.1, -0.05) is 90.4 Å². The van der Waals surface area contributed by atoms with Crippen LogP contribution in [0.3, 0.4) is 0 Å². The summed E-state index contributed by atoms with van der Waals surface area (Å²) in [4.78, 5) is 16.3. The number of hydrogen-bond donors (Lipinski definition) is 4. The maximum Gasteiger partial charge on any atom is 0.351 e. The van der Waals surface area contributed by atoms with Crippen LogP contribution in [0.5, 0.6) is 0 Å². The molecule has 0 aromatic carbocycles. The average Bonchev–Trinajstić information content (AvgIpc) is 3.10. The summed E-state index contributed by atoms with van der Waals surface area (Å²) in [6, 6.07) is 1.65. The second kappa shape index (κ2) is 16.2. The van der Waals surface area contributed by atoms with Gasteiger partial charge in [0.05, 0.1) is 6.61 Å². The fourth-order valence-electron chi connectivity index (χ4n) is 4.35. The Kier molecular flexibility index (Phi) is 13.6. The highest BCUT2D eigenvalue weighted by molar-refractivity contribution is 5.31. The maximum absolute atomic E-state index is 12.3. The molecule has 8 heteroatoms. The van der Waals surface area contributed by atoms with Gasteiger partial charge in [0, 0.05) is 12.7 Å². The van der Waals surface area contributed by atoms with Crippen molar-refractivity contribution in [3.8, 4) is 0 Å². The molecule has 190 valence electrons. The molecule has 1 aliphatic rings. The number of rotatable bonds is 18. The lowest BCUT2D eigenvalue weighted by Crippen LogP contribution is -2.36. The van der Waals surface area contributed by atoms with E-state index in [4.69, 9.17) is 4.74 Å². The van der Waals surface area contributed by atoms with E-state index in [1.54, 1.807) is 6.07 Å². The minimum Gasteiger partial charge on any atom is -0.394 e. The molecule has 1 aromatic rings. The predicted octanol–water partition coefficient (Wildman–Crippen LogP) is 3.75. The summed E-state index contributed by atoms with van der Waals surface area (Å²) in [7, 11) is 0. The summed E-state index contributed by atoms with van der Waals surface area (Å²) < 4.78 is 6.52. The SMILES string of the molecule is CCCCCCCCCCCCCCCCNc1ccn(C2OC(CO)C(O)C2O)c(=O)n1. The van der Waals surface area contributed by atoms with Gasteiger partial charge in [-0.05, 0) is 12.5 Å². The summed E-state index contributed by atoms with van der Waals surface area (Å²) >= 11 is 0. The molecule has 4 N–H and O–H groups in total. The number of ether oxygens (including phenoxy) is 1. The number of aromatic nitrogens is 2. The van der Waals surface area contributed by atoms with Crippen LogP contribution < -0.4 is 11.0 Å². The van der Waals surface area contributed by atoms with Crippen molar-refractivity contribution in [2.24, 2.45) is 0 Å². The molecular formula is C25H45N3O5. The van der Waals surface area contributed by atoms with E-state index in [2.05, 4.69) is 17.2 Å². The fraction of sp³-hybridized carbons (Fsp3) is 0.840. The van der Waals surface area contributed by atoms with Crippen molar-refractivity contribution in [1.29, 1.82) is 0 Å². The molecule has 0 aliphatic carbocycles. The molecule has 0 radical (unpaired) electrons. The van der Waals surface area contributed by atoms with Gasteiger partial charge in [0.2, 0.25) is 0 Å². The normalized spacial score (nSPS) is 22.7. The molecule has 2 heterocycles. The first kappa shape index (κ1) is 27.8. The number of nitrogens with zero attached hydrogens (tertiary/aromatic N) is 2. The number of aliphatic hydroxyl groups excluding tert-OH is 3. The third-order valence-corrected chi connectivity index (χ3v) is 6.46. The first-order valence-electron chi connectivity index (χ1n) is 13.0. The van der Waals surface area contributed by atoms with Crippen molar-refractivity contribution in [3.63, 3.8) is 0 Å². The van der Waals surface area contributed by atoms with Crippen LogP contribution in [0.1, 0.15) is 103 Å². The topological polar surface area (TPSA) is 117 Å². The van der Waals surface area contributed by atoms with E-state index in [0.29, 0.717) is 5.82 Å². The van der Waals surface area contributed by atoms with E-state index >= 15 is 0 Å². The van der Waals surface area contributed by atoms with Crippen molar-refractivity contribution >= 4 is 5.82 Å². The lowest BCUT2D eigenvalue weighted by molar-refractivity contribution is -0.0549. The first-order chi connectivity index (χ1) is 16.1. The van der Waals surface area contributed by atoms with Crippen LogP contribution in [0.2, 0.25) is 0 Å². The quantitative estimate of drug-likeness (QED) is 0.243. The van der Waals surface area contributed by atoms with Gasteiger partial charge in [0.1, 0.15) is 24.1 Å². The largest absolute Gasteiger partial charge is 0.394 e. The van der Waals surface area contributed by atoms with Crippen LogP contribution in [-0.2, 0) is 4.74 Å². The van der Waals surface area contributed by atoms with Gasteiger partial charge < -0.3 is 25.4 Å². The second-order valence-electron chi connectivity index (χ2n) is 9.25. The summed E-state index contributed by atoms with van der Waals surface area (Å²) in [6.45, 7) is 2.58. The van der Waals surface area contributed by atoms with Crippen molar-refractivity contribution < 1.29 is 20.1 Å². The second-order valence-corrected chi connectivity index (χ2v) is 9.25. The highest BCUT2D eigenvalue weighted by Crippen LogP contribution is 2.28. The fourth-order valence-corrected chi connectivity index (χ4v) is 4.35. The van der Waals surface area contributed by atoms with Gasteiger partial charge in [0.25, 0.3) is 0 Å². The Balaban J connectivity index is 1.51. The van der Waals surface area contributed by atoms with Gasteiger partial charge in [-0.2, -0.15) is 4.98 Å². The van der Waals surface area contributed by atoms with Crippen LogP contribution in [0.25, 0.3) is 0 Å². The number of hydrogen-bond acceptors (Lipinski definition) is 7. The molecule has 1 saturated heterocycles. The lowest BCUT2D eigenvalue weighted by Gasteiger charge is -2.17. The van der Waals surface area contributed by atoms with Crippen molar-refractivity contribution in [1.82, 2.24) is 9.55 Å². The summed E-state index contributed by atoms with van der Waals surface area (Å²) in [5, 5.41) is 32.3. The molecule has 1 aromatic heterocycles. The average molecular weight is 468 g/mol. The Hall–Kier alpha value is -1.48. The Morgan fingerprint density at radius 2 is 1.45 bits per heavy atom. The lowest BCUT2D eigenvalue weighted by atomic mass is 10.0.